The molecular weight excluding hydrogens is 357 g/mol. The van der Waals surface area contributed by atoms with Crippen molar-refractivity contribution in [3.63, 3.8) is 0 Å². The van der Waals surface area contributed by atoms with Gasteiger partial charge in [-0.2, -0.15) is 4.31 Å². The zero-order valence-electron chi connectivity index (χ0n) is 14.2. The van der Waals surface area contributed by atoms with E-state index in [2.05, 4.69) is 4.98 Å². The van der Waals surface area contributed by atoms with Crippen LogP contribution < -0.4 is 4.74 Å². The monoisotopic (exact) mass is 375 g/mol. The fraction of sp³-hybridized carbons (Fsp3) is 0.278. The lowest BCUT2D eigenvalue weighted by atomic mass is 10.3. The number of sulfonamides is 1. The van der Waals surface area contributed by atoms with Gasteiger partial charge in [0.25, 0.3) is 0 Å². The van der Waals surface area contributed by atoms with Gasteiger partial charge in [-0.3, -0.25) is 0 Å². The Morgan fingerprint density at radius 2 is 2.12 bits per heavy atom. The summed E-state index contributed by atoms with van der Waals surface area (Å²) in [5, 5.41) is 0. The van der Waals surface area contributed by atoms with Crippen LogP contribution in [0.25, 0.3) is 5.65 Å². The van der Waals surface area contributed by atoms with Crippen LogP contribution >= 0.6 is 0 Å². The molecule has 3 aromatic rings. The molecule has 0 unspecified atom stereocenters. The van der Waals surface area contributed by atoms with Crippen LogP contribution in [0.5, 0.6) is 5.75 Å². The molecule has 1 aromatic carbocycles. The molecule has 0 aliphatic heterocycles. The van der Waals surface area contributed by atoms with Crippen molar-refractivity contribution in [1.29, 1.82) is 0 Å². The van der Waals surface area contributed by atoms with Crippen molar-refractivity contribution in [2.75, 3.05) is 7.11 Å². The van der Waals surface area contributed by atoms with E-state index in [4.69, 9.17) is 4.74 Å². The molecule has 1 saturated carbocycles. The van der Waals surface area contributed by atoms with Crippen LogP contribution in [0.4, 0.5) is 4.39 Å². The van der Waals surface area contributed by atoms with E-state index in [1.807, 2.05) is 28.8 Å². The molecule has 0 bridgehead atoms. The molecule has 2 heterocycles. The zero-order chi connectivity index (χ0) is 18.3. The molecule has 136 valence electrons. The quantitative estimate of drug-likeness (QED) is 0.665. The molecule has 0 spiro atoms. The Balaban J connectivity index is 1.76. The Hall–Kier alpha value is -2.45. The Morgan fingerprint density at radius 3 is 2.85 bits per heavy atom. The van der Waals surface area contributed by atoms with E-state index in [0.717, 1.165) is 30.2 Å². The molecule has 0 N–H and O–H groups in total. The Bertz CT molecular complexity index is 1060. The largest absolute Gasteiger partial charge is 0.495 e. The van der Waals surface area contributed by atoms with Crippen molar-refractivity contribution in [2.45, 2.75) is 30.3 Å². The van der Waals surface area contributed by atoms with E-state index in [-0.39, 0.29) is 23.2 Å². The number of aromatic nitrogens is 2. The maximum atomic E-state index is 13.7. The second-order valence-corrected chi connectivity index (χ2v) is 8.11. The lowest BCUT2D eigenvalue weighted by Gasteiger charge is -2.23. The maximum absolute atomic E-state index is 13.7. The smallest absolute Gasteiger partial charge is 0.247 e. The molecule has 6 nitrogen and oxygen atoms in total. The summed E-state index contributed by atoms with van der Waals surface area (Å²) in [6.07, 6.45) is 5.09. The summed E-state index contributed by atoms with van der Waals surface area (Å²) in [4.78, 5) is 4.16. The van der Waals surface area contributed by atoms with Gasteiger partial charge in [0.1, 0.15) is 22.1 Å². The van der Waals surface area contributed by atoms with Gasteiger partial charge >= 0.3 is 0 Å². The van der Waals surface area contributed by atoms with Gasteiger partial charge in [-0.25, -0.2) is 17.8 Å². The van der Waals surface area contributed by atoms with Gasteiger partial charge in [0.05, 0.1) is 25.5 Å². The van der Waals surface area contributed by atoms with Gasteiger partial charge in [0.2, 0.25) is 10.0 Å². The molecule has 2 aromatic heterocycles. The fourth-order valence-corrected chi connectivity index (χ4v) is 4.84. The standard InChI is InChI=1S/C18H18FN3O3S/c1-25-16-8-5-13(19)10-17(16)26(23,24)22(14-6-7-14)12-15-11-20-18-4-2-3-9-21(15)18/h2-5,8-11,14H,6-7,12H2,1H3. The average molecular weight is 375 g/mol. The van der Waals surface area contributed by atoms with E-state index in [9.17, 15) is 12.8 Å². The van der Waals surface area contributed by atoms with Crippen molar-refractivity contribution in [1.82, 2.24) is 13.7 Å². The van der Waals surface area contributed by atoms with E-state index in [1.165, 1.54) is 23.5 Å². The average Bonchev–Trinajstić information content (AvgIpc) is 3.39. The summed E-state index contributed by atoms with van der Waals surface area (Å²) in [5.41, 5.74) is 1.51. The first-order valence-corrected chi connectivity index (χ1v) is 9.71. The maximum Gasteiger partial charge on any atom is 0.247 e. The summed E-state index contributed by atoms with van der Waals surface area (Å²) in [6, 6.07) is 9.03. The Morgan fingerprint density at radius 1 is 1.31 bits per heavy atom. The van der Waals surface area contributed by atoms with Gasteiger partial charge < -0.3 is 9.14 Å². The summed E-state index contributed by atoms with van der Waals surface area (Å²) >= 11 is 0. The number of methoxy groups -OCH3 is 1. The Labute approximate surface area is 150 Å². The van der Waals surface area contributed by atoms with Crippen LogP contribution in [0.1, 0.15) is 18.5 Å². The minimum atomic E-state index is -3.92. The fourth-order valence-electron chi connectivity index (χ4n) is 3.01. The second-order valence-electron chi connectivity index (χ2n) is 6.25. The molecule has 4 rings (SSSR count). The third kappa shape index (κ3) is 2.95. The third-order valence-electron chi connectivity index (χ3n) is 4.48. The summed E-state index contributed by atoms with van der Waals surface area (Å²) < 4.78 is 48.7. The lowest BCUT2D eigenvalue weighted by molar-refractivity contribution is 0.377. The molecule has 0 radical (unpaired) electrons. The molecule has 0 saturated heterocycles. The molecule has 0 atom stereocenters. The van der Waals surface area contributed by atoms with E-state index < -0.39 is 15.8 Å². The summed E-state index contributed by atoms with van der Waals surface area (Å²) in [5.74, 6) is -0.481. The lowest BCUT2D eigenvalue weighted by Crippen LogP contribution is -2.33. The van der Waals surface area contributed by atoms with Crippen LogP contribution in [-0.4, -0.2) is 35.3 Å². The topological polar surface area (TPSA) is 63.9 Å². The van der Waals surface area contributed by atoms with Gasteiger partial charge in [-0.05, 0) is 43.2 Å². The molecular formula is C18H18FN3O3S. The normalized spacial score (nSPS) is 14.9. The van der Waals surface area contributed by atoms with Crippen LogP contribution in [0, 0.1) is 5.82 Å². The van der Waals surface area contributed by atoms with Crippen molar-refractivity contribution in [3.8, 4) is 5.75 Å². The predicted octanol–water partition coefficient (Wildman–Crippen LogP) is 2.84. The first kappa shape index (κ1) is 17.0. The van der Waals surface area contributed by atoms with Crippen molar-refractivity contribution >= 4 is 15.7 Å². The number of nitrogens with zero attached hydrogens (tertiary/aromatic N) is 3. The number of ether oxygens (including phenoxy) is 1. The van der Waals surface area contributed by atoms with E-state index in [0.29, 0.717) is 0 Å². The number of imidazole rings is 1. The van der Waals surface area contributed by atoms with Crippen LogP contribution in [0.2, 0.25) is 0 Å². The second kappa shape index (κ2) is 6.37. The highest BCUT2D eigenvalue weighted by Gasteiger charge is 2.40. The zero-order valence-corrected chi connectivity index (χ0v) is 15.0. The minimum Gasteiger partial charge on any atom is -0.495 e. The highest BCUT2D eigenvalue weighted by atomic mass is 32.2. The summed E-state index contributed by atoms with van der Waals surface area (Å²) in [6.45, 7) is 0.165. The molecule has 1 aliphatic rings. The van der Waals surface area contributed by atoms with Crippen molar-refractivity contribution in [3.05, 3.63) is 60.3 Å². The third-order valence-corrected chi connectivity index (χ3v) is 6.40. The van der Waals surface area contributed by atoms with E-state index in [1.54, 1.807) is 6.20 Å². The number of pyridine rings is 1. The Kier molecular flexibility index (Phi) is 4.16. The number of fused-ring (bicyclic) bond motifs is 1. The molecule has 8 heteroatoms. The number of hydrogen-bond donors (Lipinski definition) is 0. The van der Waals surface area contributed by atoms with Crippen LogP contribution in [0.15, 0.2) is 53.7 Å². The van der Waals surface area contributed by atoms with E-state index >= 15 is 0 Å². The molecule has 1 fully saturated rings. The predicted molar refractivity (Wildman–Crippen MR) is 93.9 cm³/mol. The van der Waals surface area contributed by atoms with Crippen LogP contribution in [0.3, 0.4) is 0 Å². The van der Waals surface area contributed by atoms with Gasteiger partial charge in [0.15, 0.2) is 0 Å². The van der Waals surface area contributed by atoms with Gasteiger partial charge in [-0.1, -0.05) is 6.07 Å². The number of rotatable bonds is 6. The highest BCUT2D eigenvalue weighted by Crippen LogP contribution is 2.36. The van der Waals surface area contributed by atoms with Gasteiger partial charge in [-0.15, -0.1) is 0 Å². The molecule has 0 amide bonds. The van der Waals surface area contributed by atoms with Crippen molar-refractivity contribution < 1.29 is 17.5 Å². The molecule has 1 aliphatic carbocycles. The first-order chi connectivity index (χ1) is 12.5. The number of benzene rings is 1. The summed E-state index contributed by atoms with van der Waals surface area (Å²) in [7, 11) is -2.55. The number of hydrogen-bond acceptors (Lipinski definition) is 4. The first-order valence-electron chi connectivity index (χ1n) is 8.27. The number of halogens is 1. The molecule has 26 heavy (non-hydrogen) atoms. The highest BCUT2D eigenvalue weighted by molar-refractivity contribution is 7.89. The minimum absolute atomic E-state index is 0.0952. The van der Waals surface area contributed by atoms with Crippen LogP contribution in [-0.2, 0) is 16.6 Å². The van der Waals surface area contributed by atoms with Gasteiger partial charge in [0, 0.05) is 12.2 Å². The van der Waals surface area contributed by atoms with Crippen molar-refractivity contribution in [2.24, 2.45) is 0 Å². The SMILES string of the molecule is COc1ccc(F)cc1S(=O)(=O)N(Cc1cnc2ccccn12)C1CC1.